The van der Waals surface area contributed by atoms with Gasteiger partial charge < -0.3 is 15.3 Å². The van der Waals surface area contributed by atoms with Crippen LogP contribution in [0.1, 0.15) is 40.9 Å². The molecule has 3 N–H and O–H groups in total. The highest BCUT2D eigenvalue weighted by Gasteiger charge is 2.18. The maximum absolute atomic E-state index is 10.8. The minimum Gasteiger partial charge on any atom is -0.481 e. The van der Waals surface area contributed by atoms with Gasteiger partial charge in [-0.1, -0.05) is 71.8 Å². The molecule has 0 radical (unpaired) electrons. The molecule has 1 heterocycles. The Bertz CT molecular complexity index is 1100. The van der Waals surface area contributed by atoms with Crippen LogP contribution < -0.4 is 0 Å². The Balaban J connectivity index is 2.13. The number of aryl methyl sites for hydroxylation is 3. The standard InChI is InChI=1S/C25H28N4O4/c1-16-4-8-18(9-5-16)24(19-10-6-17(2)7-11-19)22(25-26-27-28-29(25)3)13-12-20(30)14-21(31)15-23(32)33/h4-13,20-21,30-31H,14-15H2,1-3H3,(H,32,33)/b13-12+/t20-,21-/m0/s1. The van der Waals surface area contributed by atoms with Crippen LogP contribution >= 0.6 is 0 Å². The summed E-state index contributed by atoms with van der Waals surface area (Å²) in [7, 11) is 1.73. The molecule has 33 heavy (non-hydrogen) atoms. The van der Waals surface area contributed by atoms with Gasteiger partial charge in [-0.25, -0.2) is 4.68 Å². The summed E-state index contributed by atoms with van der Waals surface area (Å²) >= 11 is 0. The molecule has 0 saturated heterocycles. The number of aromatic nitrogens is 4. The Kier molecular flexibility index (Phi) is 7.87. The van der Waals surface area contributed by atoms with Crippen molar-refractivity contribution < 1.29 is 20.1 Å². The van der Waals surface area contributed by atoms with Crippen molar-refractivity contribution >= 4 is 17.1 Å². The molecule has 172 valence electrons. The van der Waals surface area contributed by atoms with Gasteiger partial charge in [-0.3, -0.25) is 4.79 Å². The first-order valence-electron chi connectivity index (χ1n) is 10.6. The number of tetrazole rings is 1. The predicted molar refractivity (Wildman–Crippen MR) is 125 cm³/mol. The van der Waals surface area contributed by atoms with Crippen molar-refractivity contribution in [2.75, 3.05) is 0 Å². The number of nitrogens with zero attached hydrogens (tertiary/aromatic N) is 4. The van der Waals surface area contributed by atoms with Gasteiger partial charge in [-0.15, -0.1) is 5.10 Å². The van der Waals surface area contributed by atoms with Crippen LogP contribution in [0.15, 0.2) is 60.7 Å². The Morgan fingerprint density at radius 3 is 2.00 bits per heavy atom. The van der Waals surface area contributed by atoms with Crippen molar-refractivity contribution in [3.8, 4) is 0 Å². The Morgan fingerprint density at radius 2 is 1.55 bits per heavy atom. The molecule has 8 nitrogen and oxygen atoms in total. The molecule has 2 aromatic carbocycles. The molecule has 1 aromatic heterocycles. The second kappa shape index (κ2) is 10.8. The molecule has 0 bridgehead atoms. The maximum atomic E-state index is 10.8. The van der Waals surface area contributed by atoms with E-state index in [1.807, 2.05) is 62.4 Å². The van der Waals surface area contributed by atoms with E-state index in [1.165, 1.54) is 6.08 Å². The lowest BCUT2D eigenvalue weighted by atomic mass is 9.91. The smallest absolute Gasteiger partial charge is 0.305 e. The Hall–Kier alpha value is -3.62. The molecule has 2 atom stereocenters. The summed E-state index contributed by atoms with van der Waals surface area (Å²) in [6.45, 7) is 4.04. The molecule has 0 spiro atoms. The van der Waals surface area contributed by atoms with E-state index in [2.05, 4.69) is 15.5 Å². The normalized spacial score (nSPS) is 13.1. The summed E-state index contributed by atoms with van der Waals surface area (Å²) < 4.78 is 1.55. The number of hydrogen-bond donors (Lipinski definition) is 3. The van der Waals surface area contributed by atoms with E-state index >= 15 is 0 Å². The van der Waals surface area contributed by atoms with E-state index in [0.29, 0.717) is 11.4 Å². The molecule has 3 rings (SSSR count). The summed E-state index contributed by atoms with van der Waals surface area (Å²) in [4.78, 5) is 10.8. The largest absolute Gasteiger partial charge is 0.481 e. The molecule has 3 aromatic rings. The van der Waals surface area contributed by atoms with E-state index in [4.69, 9.17) is 5.11 Å². The quantitative estimate of drug-likeness (QED) is 0.430. The molecule has 0 aliphatic carbocycles. The van der Waals surface area contributed by atoms with Crippen LogP contribution in [0.5, 0.6) is 0 Å². The first kappa shape index (κ1) is 24.0. The molecular formula is C25H28N4O4. The number of aliphatic carboxylic acids is 1. The zero-order chi connectivity index (χ0) is 24.0. The molecule has 0 aliphatic rings. The van der Waals surface area contributed by atoms with Crippen LogP contribution in [0.4, 0.5) is 0 Å². The van der Waals surface area contributed by atoms with Gasteiger partial charge in [0.25, 0.3) is 0 Å². The minimum atomic E-state index is -1.15. The number of rotatable bonds is 9. The molecular weight excluding hydrogens is 420 g/mol. The van der Waals surface area contributed by atoms with E-state index in [-0.39, 0.29) is 6.42 Å². The summed E-state index contributed by atoms with van der Waals surface area (Å²) in [5.74, 6) is -0.619. The summed E-state index contributed by atoms with van der Waals surface area (Å²) in [5.41, 5.74) is 5.72. The molecule has 8 heteroatoms. The number of aliphatic hydroxyl groups excluding tert-OH is 2. The van der Waals surface area contributed by atoms with Crippen LogP contribution in [0.3, 0.4) is 0 Å². The molecule has 0 aliphatic heterocycles. The molecule has 0 amide bonds. The highest BCUT2D eigenvalue weighted by molar-refractivity contribution is 6.00. The molecule has 0 fully saturated rings. The van der Waals surface area contributed by atoms with Gasteiger partial charge in [0.2, 0.25) is 0 Å². The lowest BCUT2D eigenvalue weighted by molar-refractivity contribution is -0.139. The SMILES string of the molecule is Cc1ccc(C(=C(/C=C/[C@H](O)C[C@H](O)CC(=O)O)c2nnnn2C)c2ccc(C)cc2)cc1. The van der Waals surface area contributed by atoms with Crippen LogP contribution in [-0.2, 0) is 11.8 Å². The van der Waals surface area contributed by atoms with E-state index in [9.17, 15) is 15.0 Å². The predicted octanol–water partition coefficient (Wildman–Crippen LogP) is 2.93. The van der Waals surface area contributed by atoms with Crippen LogP contribution in [0, 0.1) is 13.8 Å². The average molecular weight is 449 g/mol. The number of allylic oxidation sites excluding steroid dienone is 2. The van der Waals surface area contributed by atoms with E-state index in [1.54, 1.807) is 17.8 Å². The zero-order valence-corrected chi connectivity index (χ0v) is 18.9. The second-order valence-electron chi connectivity index (χ2n) is 8.06. The van der Waals surface area contributed by atoms with Gasteiger partial charge in [0.15, 0.2) is 5.82 Å². The number of hydrogen-bond acceptors (Lipinski definition) is 6. The third kappa shape index (κ3) is 6.44. The van der Waals surface area contributed by atoms with Crippen LogP contribution in [-0.4, -0.2) is 53.7 Å². The first-order valence-corrected chi connectivity index (χ1v) is 10.6. The van der Waals surface area contributed by atoms with Crippen molar-refractivity contribution in [2.45, 2.75) is 38.9 Å². The average Bonchev–Trinajstić information content (AvgIpc) is 3.18. The van der Waals surface area contributed by atoms with Crippen LogP contribution in [0.2, 0.25) is 0 Å². The highest BCUT2D eigenvalue weighted by Crippen LogP contribution is 2.33. The monoisotopic (exact) mass is 448 g/mol. The number of aliphatic hydroxyl groups is 2. The van der Waals surface area contributed by atoms with Gasteiger partial charge in [0.1, 0.15) is 0 Å². The van der Waals surface area contributed by atoms with Gasteiger partial charge >= 0.3 is 5.97 Å². The van der Waals surface area contributed by atoms with Gasteiger partial charge in [-0.05, 0) is 41.0 Å². The number of carboxylic acid groups (broad SMARTS) is 1. The minimum absolute atomic E-state index is 0.0997. The van der Waals surface area contributed by atoms with Gasteiger partial charge in [0, 0.05) is 19.0 Å². The Morgan fingerprint density at radius 1 is 1.00 bits per heavy atom. The van der Waals surface area contributed by atoms with Crippen LogP contribution in [0.25, 0.3) is 11.1 Å². The lowest BCUT2D eigenvalue weighted by Gasteiger charge is -2.15. The van der Waals surface area contributed by atoms with E-state index in [0.717, 1.165) is 27.8 Å². The zero-order valence-electron chi connectivity index (χ0n) is 18.9. The third-order valence-electron chi connectivity index (χ3n) is 5.22. The fourth-order valence-corrected chi connectivity index (χ4v) is 3.49. The Labute approximate surface area is 192 Å². The highest BCUT2D eigenvalue weighted by atomic mass is 16.4. The van der Waals surface area contributed by atoms with Crippen molar-refractivity contribution in [3.63, 3.8) is 0 Å². The third-order valence-corrected chi connectivity index (χ3v) is 5.22. The maximum Gasteiger partial charge on any atom is 0.305 e. The fourth-order valence-electron chi connectivity index (χ4n) is 3.49. The van der Waals surface area contributed by atoms with Crippen molar-refractivity contribution in [1.29, 1.82) is 0 Å². The van der Waals surface area contributed by atoms with Crippen molar-refractivity contribution in [1.82, 2.24) is 20.2 Å². The topological polar surface area (TPSA) is 121 Å². The van der Waals surface area contributed by atoms with Gasteiger partial charge in [-0.2, -0.15) is 0 Å². The number of carbonyl (C=O) groups is 1. The van der Waals surface area contributed by atoms with E-state index < -0.39 is 24.6 Å². The summed E-state index contributed by atoms with van der Waals surface area (Å²) in [5, 5.41) is 41.1. The van der Waals surface area contributed by atoms with Crippen molar-refractivity contribution in [2.24, 2.45) is 7.05 Å². The van der Waals surface area contributed by atoms with Gasteiger partial charge in [0.05, 0.1) is 18.6 Å². The number of benzene rings is 2. The summed E-state index contributed by atoms with van der Waals surface area (Å²) in [6, 6.07) is 16.2. The summed E-state index contributed by atoms with van der Waals surface area (Å²) in [6.07, 6.45) is 0.514. The first-order chi connectivity index (χ1) is 15.7. The lowest BCUT2D eigenvalue weighted by Crippen LogP contribution is -2.19. The molecule has 0 saturated carbocycles. The second-order valence-corrected chi connectivity index (χ2v) is 8.06. The van der Waals surface area contributed by atoms with Crippen molar-refractivity contribution in [3.05, 3.63) is 88.8 Å². The fraction of sp³-hybridized carbons (Fsp3) is 0.280. The molecule has 0 unspecified atom stereocenters. The number of carboxylic acids is 1.